The molecule has 4 rings (SSSR count). The maximum atomic E-state index is 12.4. The molecule has 1 aliphatic heterocycles. The zero-order valence-corrected chi connectivity index (χ0v) is 15.0. The van der Waals surface area contributed by atoms with Crippen molar-refractivity contribution >= 4 is 5.91 Å². The summed E-state index contributed by atoms with van der Waals surface area (Å²) < 4.78 is 4.80. The van der Waals surface area contributed by atoms with Gasteiger partial charge in [-0.2, -0.15) is 10.1 Å². The molecule has 2 aromatic heterocycles. The minimum absolute atomic E-state index is 0.0696. The molecule has 0 spiro atoms. The minimum atomic E-state index is 0.0696. The second-order valence-electron chi connectivity index (χ2n) is 7.41. The summed E-state index contributed by atoms with van der Waals surface area (Å²) in [5.41, 5.74) is 3.43. The van der Waals surface area contributed by atoms with Gasteiger partial charge in [-0.25, -0.2) is 0 Å². The zero-order chi connectivity index (χ0) is 17.8. The first-order valence-corrected chi connectivity index (χ1v) is 9.57. The molecular formula is C18H26N6O2. The lowest BCUT2D eigenvalue weighted by molar-refractivity contribution is -0.120. The fourth-order valence-corrected chi connectivity index (χ4v) is 4.09. The number of nitrogens with zero attached hydrogens (tertiary/aromatic N) is 4. The van der Waals surface area contributed by atoms with E-state index in [0.717, 1.165) is 50.3 Å². The highest BCUT2D eigenvalue weighted by Crippen LogP contribution is 2.22. The number of fused-ring (bicyclic) bond motifs is 1. The van der Waals surface area contributed by atoms with Crippen LogP contribution in [-0.2, 0) is 30.6 Å². The first-order valence-electron chi connectivity index (χ1n) is 9.57. The molecular weight excluding hydrogens is 332 g/mol. The Kier molecular flexibility index (Phi) is 5.29. The lowest BCUT2D eigenvalue weighted by atomic mass is 9.95. The number of nitrogens with one attached hydrogen (secondary N) is 2. The first kappa shape index (κ1) is 17.2. The Balaban J connectivity index is 1.24. The summed E-state index contributed by atoms with van der Waals surface area (Å²) in [4.78, 5) is 18.8. The van der Waals surface area contributed by atoms with Crippen molar-refractivity contribution in [2.75, 3.05) is 19.6 Å². The van der Waals surface area contributed by atoms with E-state index >= 15 is 0 Å². The van der Waals surface area contributed by atoms with Crippen LogP contribution in [0.3, 0.4) is 0 Å². The van der Waals surface area contributed by atoms with Gasteiger partial charge in [-0.3, -0.25) is 14.8 Å². The van der Waals surface area contributed by atoms with Crippen molar-refractivity contribution in [3.8, 4) is 0 Å². The second kappa shape index (κ2) is 7.99. The molecule has 1 amide bonds. The molecule has 140 valence electrons. The van der Waals surface area contributed by atoms with Crippen molar-refractivity contribution in [3.05, 3.63) is 29.2 Å². The standard InChI is InChI=1S/C18H26N6O2/c25-18(8-16-14-5-1-2-6-15(14)21-22-16)19-9-13-4-3-7-24(10-13)11-17-20-12-26-23-17/h12-13H,1-11H2,(H,19,25)(H,21,22). The van der Waals surface area contributed by atoms with E-state index in [1.807, 2.05) is 0 Å². The number of carbonyl (C=O) groups is 1. The molecule has 0 radical (unpaired) electrons. The number of H-pyrrole nitrogens is 1. The van der Waals surface area contributed by atoms with E-state index in [9.17, 15) is 4.79 Å². The van der Waals surface area contributed by atoms with Crippen LogP contribution in [-0.4, -0.2) is 50.8 Å². The molecule has 0 aromatic carbocycles. The van der Waals surface area contributed by atoms with E-state index in [1.165, 1.54) is 30.5 Å². The summed E-state index contributed by atoms with van der Waals surface area (Å²) in [5, 5.41) is 14.5. The van der Waals surface area contributed by atoms with Crippen LogP contribution in [0.2, 0.25) is 0 Å². The molecule has 2 aromatic rings. The number of rotatable bonds is 6. The third-order valence-electron chi connectivity index (χ3n) is 5.43. The summed E-state index contributed by atoms with van der Waals surface area (Å²) in [7, 11) is 0. The first-order chi connectivity index (χ1) is 12.8. The molecule has 1 unspecified atom stereocenters. The SMILES string of the molecule is O=C(Cc1n[nH]c2c1CCCC2)NCC1CCCN(Cc2ncon2)C1. The van der Waals surface area contributed by atoms with E-state index in [0.29, 0.717) is 25.4 Å². The van der Waals surface area contributed by atoms with Gasteiger partial charge in [-0.1, -0.05) is 5.16 Å². The quantitative estimate of drug-likeness (QED) is 0.806. The van der Waals surface area contributed by atoms with Crippen LogP contribution in [0.15, 0.2) is 10.9 Å². The summed E-state index contributed by atoms with van der Waals surface area (Å²) in [6.45, 7) is 3.42. The summed E-state index contributed by atoms with van der Waals surface area (Å²) in [5.74, 6) is 1.26. The third-order valence-corrected chi connectivity index (χ3v) is 5.43. The molecule has 1 fully saturated rings. The van der Waals surface area contributed by atoms with Gasteiger partial charge in [0.1, 0.15) is 0 Å². The van der Waals surface area contributed by atoms with E-state index in [2.05, 4.69) is 30.6 Å². The van der Waals surface area contributed by atoms with Crippen molar-refractivity contribution in [1.82, 2.24) is 30.6 Å². The third kappa shape index (κ3) is 4.12. The van der Waals surface area contributed by atoms with Crippen LogP contribution >= 0.6 is 0 Å². The molecule has 1 saturated heterocycles. The summed E-state index contributed by atoms with van der Waals surface area (Å²) in [6.07, 6.45) is 8.52. The molecule has 2 aliphatic rings. The van der Waals surface area contributed by atoms with Gasteiger partial charge in [0.15, 0.2) is 5.82 Å². The molecule has 0 saturated carbocycles. The Morgan fingerprint density at radius 1 is 1.35 bits per heavy atom. The van der Waals surface area contributed by atoms with Gasteiger partial charge in [0, 0.05) is 18.8 Å². The van der Waals surface area contributed by atoms with Crippen molar-refractivity contribution < 1.29 is 9.32 Å². The number of aryl methyl sites for hydroxylation is 1. The van der Waals surface area contributed by atoms with Crippen LogP contribution in [0.5, 0.6) is 0 Å². The highest BCUT2D eigenvalue weighted by atomic mass is 16.5. The lowest BCUT2D eigenvalue weighted by Crippen LogP contribution is -2.41. The number of amides is 1. The lowest BCUT2D eigenvalue weighted by Gasteiger charge is -2.31. The fraction of sp³-hybridized carbons (Fsp3) is 0.667. The van der Waals surface area contributed by atoms with Gasteiger partial charge in [0.2, 0.25) is 12.3 Å². The number of carbonyl (C=O) groups excluding carboxylic acids is 1. The van der Waals surface area contributed by atoms with Crippen LogP contribution in [0, 0.1) is 5.92 Å². The van der Waals surface area contributed by atoms with Crippen LogP contribution in [0.4, 0.5) is 0 Å². The average molecular weight is 358 g/mol. The number of aromatic amines is 1. The van der Waals surface area contributed by atoms with Crippen molar-refractivity contribution in [3.63, 3.8) is 0 Å². The Morgan fingerprint density at radius 2 is 2.27 bits per heavy atom. The van der Waals surface area contributed by atoms with Crippen molar-refractivity contribution in [1.29, 1.82) is 0 Å². The fourth-order valence-electron chi connectivity index (χ4n) is 4.09. The van der Waals surface area contributed by atoms with E-state index in [1.54, 1.807) is 0 Å². The normalized spacial score (nSPS) is 20.7. The van der Waals surface area contributed by atoms with Gasteiger partial charge in [-0.15, -0.1) is 0 Å². The number of hydrogen-bond donors (Lipinski definition) is 2. The van der Waals surface area contributed by atoms with Gasteiger partial charge >= 0.3 is 0 Å². The minimum Gasteiger partial charge on any atom is -0.355 e. The van der Waals surface area contributed by atoms with Gasteiger partial charge in [-0.05, 0) is 56.6 Å². The Bertz CT molecular complexity index is 726. The maximum Gasteiger partial charge on any atom is 0.226 e. The van der Waals surface area contributed by atoms with Crippen molar-refractivity contribution in [2.24, 2.45) is 5.92 Å². The molecule has 8 heteroatoms. The highest BCUT2D eigenvalue weighted by molar-refractivity contribution is 5.78. The molecule has 26 heavy (non-hydrogen) atoms. The average Bonchev–Trinajstić information content (AvgIpc) is 3.31. The number of aromatic nitrogens is 4. The van der Waals surface area contributed by atoms with E-state index in [4.69, 9.17) is 4.52 Å². The molecule has 3 heterocycles. The molecule has 8 nitrogen and oxygen atoms in total. The highest BCUT2D eigenvalue weighted by Gasteiger charge is 2.23. The van der Waals surface area contributed by atoms with Gasteiger partial charge < -0.3 is 9.84 Å². The monoisotopic (exact) mass is 358 g/mol. The largest absolute Gasteiger partial charge is 0.355 e. The Labute approximate surface area is 152 Å². The van der Waals surface area contributed by atoms with Crippen LogP contribution < -0.4 is 5.32 Å². The maximum absolute atomic E-state index is 12.4. The molecule has 0 bridgehead atoms. The van der Waals surface area contributed by atoms with Crippen LogP contribution in [0.1, 0.15) is 48.5 Å². The van der Waals surface area contributed by atoms with Crippen LogP contribution in [0.25, 0.3) is 0 Å². The predicted octanol–water partition coefficient (Wildman–Crippen LogP) is 1.24. The van der Waals surface area contributed by atoms with Crippen molar-refractivity contribution in [2.45, 2.75) is 51.5 Å². The van der Waals surface area contributed by atoms with E-state index < -0.39 is 0 Å². The zero-order valence-electron chi connectivity index (χ0n) is 15.0. The smallest absolute Gasteiger partial charge is 0.226 e. The number of hydrogen-bond acceptors (Lipinski definition) is 6. The topological polar surface area (TPSA) is 99.9 Å². The van der Waals surface area contributed by atoms with Gasteiger partial charge in [0.05, 0.1) is 18.7 Å². The number of likely N-dealkylation sites (tertiary alicyclic amines) is 1. The second-order valence-corrected chi connectivity index (χ2v) is 7.41. The van der Waals surface area contributed by atoms with Gasteiger partial charge in [0.25, 0.3) is 0 Å². The molecule has 1 aliphatic carbocycles. The summed E-state index contributed by atoms with van der Waals surface area (Å²) in [6, 6.07) is 0. The number of piperidine rings is 1. The molecule has 2 N–H and O–H groups in total. The Morgan fingerprint density at radius 3 is 3.15 bits per heavy atom. The predicted molar refractivity (Wildman–Crippen MR) is 94.2 cm³/mol. The summed E-state index contributed by atoms with van der Waals surface area (Å²) >= 11 is 0. The Hall–Kier alpha value is -2.22. The molecule has 1 atom stereocenters. The van der Waals surface area contributed by atoms with E-state index in [-0.39, 0.29) is 5.91 Å².